The zero-order valence-corrected chi connectivity index (χ0v) is 16.2. The number of hydrogen-bond donors (Lipinski definition) is 2. The van der Waals surface area contributed by atoms with Gasteiger partial charge in [-0.2, -0.15) is 0 Å². The monoisotopic (exact) mass is 402 g/mol. The van der Waals surface area contributed by atoms with Gasteiger partial charge >= 0.3 is 0 Å². The molecule has 29 heavy (non-hydrogen) atoms. The highest BCUT2D eigenvalue weighted by atomic mass is 32.2. The third-order valence-electron chi connectivity index (χ3n) is 4.17. The van der Waals surface area contributed by atoms with Crippen molar-refractivity contribution in [2.45, 2.75) is 4.90 Å². The summed E-state index contributed by atoms with van der Waals surface area (Å²) < 4.78 is 27.5. The first-order valence-electron chi connectivity index (χ1n) is 8.94. The summed E-state index contributed by atoms with van der Waals surface area (Å²) in [6, 6.07) is 26.8. The minimum atomic E-state index is -3.62. The van der Waals surface area contributed by atoms with E-state index < -0.39 is 10.0 Å². The van der Waals surface area contributed by atoms with Gasteiger partial charge in [-0.25, -0.2) is 18.4 Å². The number of sulfonamides is 1. The maximum Gasteiger partial charge on any atom is 0.261 e. The largest absolute Gasteiger partial charge is 0.324 e. The van der Waals surface area contributed by atoms with Crippen LogP contribution < -0.4 is 10.0 Å². The highest BCUT2D eigenvalue weighted by Gasteiger charge is 2.13. The molecule has 1 aromatic heterocycles. The molecule has 6 nitrogen and oxygen atoms in total. The van der Waals surface area contributed by atoms with Gasteiger partial charge in [-0.1, -0.05) is 48.5 Å². The van der Waals surface area contributed by atoms with Crippen molar-refractivity contribution in [3.63, 3.8) is 0 Å². The first kappa shape index (κ1) is 18.6. The Morgan fingerprint density at radius 1 is 0.690 bits per heavy atom. The molecular formula is C22H18N4O2S. The Hall–Kier alpha value is -3.71. The molecule has 0 spiro atoms. The van der Waals surface area contributed by atoms with E-state index in [9.17, 15) is 8.42 Å². The topological polar surface area (TPSA) is 84.0 Å². The van der Waals surface area contributed by atoms with Gasteiger partial charge in [0.05, 0.1) is 10.6 Å². The van der Waals surface area contributed by atoms with Crippen LogP contribution in [0.2, 0.25) is 0 Å². The molecule has 0 saturated carbocycles. The van der Waals surface area contributed by atoms with E-state index >= 15 is 0 Å². The summed E-state index contributed by atoms with van der Waals surface area (Å²) in [4.78, 5) is 8.99. The van der Waals surface area contributed by atoms with Gasteiger partial charge in [0.25, 0.3) is 10.0 Å². The number of nitrogens with one attached hydrogen (secondary N) is 2. The second-order valence-electron chi connectivity index (χ2n) is 6.25. The maximum absolute atomic E-state index is 12.4. The highest BCUT2D eigenvalue weighted by molar-refractivity contribution is 7.92. The van der Waals surface area contributed by atoms with Crippen molar-refractivity contribution in [1.29, 1.82) is 0 Å². The average molecular weight is 402 g/mol. The van der Waals surface area contributed by atoms with Crippen molar-refractivity contribution in [3.05, 3.63) is 97.2 Å². The smallest absolute Gasteiger partial charge is 0.261 e. The number of rotatable bonds is 6. The van der Waals surface area contributed by atoms with Crippen LogP contribution in [-0.2, 0) is 10.0 Å². The van der Waals surface area contributed by atoms with Crippen molar-refractivity contribution in [2.75, 3.05) is 10.0 Å². The van der Waals surface area contributed by atoms with E-state index in [2.05, 4.69) is 20.0 Å². The van der Waals surface area contributed by atoms with Crippen LogP contribution in [0.15, 0.2) is 102 Å². The molecule has 0 radical (unpaired) electrons. The van der Waals surface area contributed by atoms with Crippen LogP contribution in [0.1, 0.15) is 0 Å². The zero-order valence-electron chi connectivity index (χ0n) is 15.4. The summed E-state index contributed by atoms with van der Waals surface area (Å²) in [6.45, 7) is 0. The molecule has 0 amide bonds. The summed E-state index contributed by atoms with van der Waals surface area (Å²) in [7, 11) is -3.62. The molecule has 4 aromatic rings. The molecule has 3 aromatic carbocycles. The Morgan fingerprint density at radius 2 is 1.34 bits per heavy atom. The number of anilines is 3. The zero-order chi connectivity index (χ0) is 20.1. The molecule has 0 unspecified atom stereocenters. The van der Waals surface area contributed by atoms with Gasteiger partial charge < -0.3 is 5.32 Å². The number of aromatic nitrogens is 2. The van der Waals surface area contributed by atoms with Crippen LogP contribution in [-0.4, -0.2) is 18.4 Å². The van der Waals surface area contributed by atoms with Crippen molar-refractivity contribution in [1.82, 2.24) is 9.97 Å². The van der Waals surface area contributed by atoms with Crippen LogP contribution in [0.4, 0.5) is 17.3 Å². The lowest BCUT2D eigenvalue weighted by Gasteiger charge is -2.09. The fourth-order valence-electron chi connectivity index (χ4n) is 2.75. The van der Waals surface area contributed by atoms with Crippen molar-refractivity contribution in [2.24, 2.45) is 0 Å². The summed E-state index contributed by atoms with van der Waals surface area (Å²) in [5.74, 6) is 0.488. The van der Waals surface area contributed by atoms with E-state index in [0.29, 0.717) is 11.6 Å². The molecule has 0 fully saturated rings. The van der Waals surface area contributed by atoms with Crippen LogP contribution in [0.25, 0.3) is 11.3 Å². The summed E-state index contributed by atoms with van der Waals surface area (Å²) in [5, 5.41) is 3.16. The normalized spacial score (nSPS) is 11.0. The van der Waals surface area contributed by atoms with Gasteiger partial charge in [-0.05, 0) is 42.5 Å². The van der Waals surface area contributed by atoms with E-state index in [0.717, 1.165) is 16.9 Å². The molecule has 7 heteroatoms. The highest BCUT2D eigenvalue weighted by Crippen LogP contribution is 2.23. The molecule has 0 atom stereocenters. The second kappa shape index (κ2) is 8.12. The predicted octanol–water partition coefficient (Wildman–Crippen LogP) is 4.69. The van der Waals surface area contributed by atoms with E-state index in [1.165, 1.54) is 0 Å². The number of benzene rings is 3. The minimum absolute atomic E-state index is 0.219. The SMILES string of the molecule is O=S(=O)(Nc1ccc(-c2ccnc(Nc3ccccc3)n2)cc1)c1ccccc1. The van der Waals surface area contributed by atoms with Crippen molar-refractivity contribution >= 4 is 27.3 Å². The Labute approximate surface area is 169 Å². The Kier molecular flexibility index (Phi) is 5.22. The van der Waals surface area contributed by atoms with Gasteiger partial charge in [-0.15, -0.1) is 0 Å². The van der Waals surface area contributed by atoms with E-state index in [1.807, 2.05) is 42.5 Å². The van der Waals surface area contributed by atoms with E-state index in [4.69, 9.17) is 0 Å². The molecule has 1 heterocycles. The van der Waals surface area contributed by atoms with Gasteiger partial charge in [-0.3, -0.25) is 4.72 Å². The minimum Gasteiger partial charge on any atom is -0.324 e. The van der Waals surface area contributed by atoms with Gasteiger partial charge in [0, 0.05) is 23.1 Å². The van der Waals surface area contributed by atoms with Crippen LogP contribution >= 0.6 is 0 Å². The predicted molar refractivity (Wildman–Crippen MR) is 114 cm³/mol. The van der Waals surface area contributed by atoms with Crippen LogP contribution in [0.5, 0.6) is 0 Å². The first-order valence-corrected chi connectivity index (χ1v) is 10.4. The molecule has 0 aliphatic carbocycles. The Morgan fingerprint density at radius 3 is 2.03 bits per heavy atom. The van der Waals surface area contributed by atoms with Gasteiger partial charge in [0.2, 0.25) is 5.95 Å². The van der Waals surface area contributed by atoms with Crippen molar-refractivity contribution in [3.8, 4) is 11.3 Å². The average Bonchev–Trinajstić information content (AvgIpc) is 2.76. The summed E-state index contributed by atoms with van der Waals surface area (Å²) in [5.41, 5.74) is 2.96. The molecule has 0 bridgehead atoms. The fraction of sp³-hybridized carbons (Fsp3) is 0. The third-order valence-corrected chi connectivity index (χ3v) is 5.57. The lowest BCUT2D eigenvalue weighted by atomic mass is 10.1. The lowest BCUT2D eigenvalue weighted by Crippen LogP contribution is -2.12. The van der Waals surface area contributed by atoms with Gasteiger partial charge in [0.15, 0.2) is 0 Å². The molecule has 0 saturated heterocycles. The molecule has 0 aliphatic heterocycles. The second-order valence-corrected chi connectivity index (χ2v) is 7.93. The fourth-order valence-corrected chi connectivity index (χ4v) is 3.83. The number of hydrogen-bond acceptors (Lipinski definition) is 5. The molecule has 144 valence electrons. The summed E-state index contributed by atoms with van der Waals surface area (Å²) >= 11 is 0. The van der Waals surface area contributed by atoms with Crippen molar-refractivity contribution < 1.29 is 8.42 Å². The quantitative estimate of drug-likeness (QED) is 0.489. The third kappa shape index (κ3) is 4.59. The summed E-state index contributed by atoms with van der Waals surface area (Å²) in [6.07, 6.45) is 1.68. The maximum atomic E-state index is 12.4. The molecule has 4 rings (SSSR count). The molecular weight excluding hydrogens is 384 g/mol. The van der Waals surface area contributed by atoms with E-state index in [-0.39, 0.29) is 4.90 Å². The standard InChI is InChI=1S/C22H18N4O2S/c27-29(28,20-9-5-2-6-10-20)26-19-13-11-17(12-14-19)21-15-16-23-22(25-21)24-18-7-3-1-4-8-18/h1-16,26H,(H,23,24,25). The van der Waals surface area contributed by atoms with Crippen LogP contribution in [0, 0.1) is 0 Å². The number of para-hydroxylation sites is 1. The van der Waals surface area contributed by atoms with Gasteiger partial charge in [0.1, 0.15) is 0 Å². The molecule has 0 aliphatic rings. The number of nitrogens with zero attached hydrogens (tertiary/aromatic N) is 2. The first-order chi connectivity index (χ1) is 14.1. The van der Waals surface area contributed by atoms with E-state index in [1.54, 1.807) is 54.7 Å². The lowest BCUT2D eigenvalue weighted by molar-refractivity contribution is 0.601. The Balaban J connectivity index is 1.52. The Bertz CT molecular complexity index is 1200. The van der Waals surface area contributed by atoms with Crippen LogP contribution in [0.3, 0.4) is 0 Å². The molecule has 2 N–H and O–H groups in total.